The molecule has 12 heavy (non-hydrogen) atoms. The molecule has 3 nitrogen and oxygen atoms in total. The Balaban J connectivity index is 3.07. The molecule has 1 aromatic heterocycles. The summed E-state index contributed by atoms with van der Waals surface area (Å²) in [5.74, 6) is 0. The minimum absolute atomic E-state index is 0.351. The van der Waals surface area contributed by atoms with Gasteiger partial charge in [0.2, 0.25) is 0 Å². The number of aldehydes is 1. The van der Waals surface area contributed by atoms with Gasteiger partial charge in [-0.05, 0) is 12.1 Å². The Morgan fingerprint density at radius 2 is 2.42 bits per heavy atom. The van der Waals surface area contributed by atoms with Crippen molar-refractivity contribution >= 4 is 12.4 Å². The maximum atomic E-state index is 10.4. The van der Waals surface area contributed by atoms with Crippen LogP contribution in [0.4, 0.5) is 0 Å². The summed E-state index contributed by atoms with van der Waals surface area (Å²) in [6.07, 6.45) is 5.06. The molecular weight excluding hydrogens is 152 g/mol. The lowest BCUT2D eigenvalue weighted by Gasteiger charge is -1.93. The summed E-state index contributed by atoms with van der Waals surface area (Å²) in [5.41, 5.74) is 1.01. The Bertz CT molecular complexity index is 350. The van der Waals surface area contributed by atoms with Gasteiger partial charge in [0.05, 0.1) is 6.07 Å². The number of hydrogen-bond acceptors (Lipinski definition) is 3. The highest BCUT2D eigenvalue weighted by molar-refractivity contribution is 5.79. The van der Waals surface area contributed by atoms with E-state index in [2.05, 4.69) is 4.98 Å². The number of pyridine rings is 1. The Morgan fingerprint density at radius 3 is 3.08 bits per heavy atom. The molecule has 0 radical (unpaired) electrons. The Labute approximate surface area is 70.0 Å². The number of nitriles is 1. The SMILES string of the molecule is N#C/C=C/c1cccnc1C=O. The molecule has 3 heteroatoms. The molecule has 58 valence electrons. The van der Waals surface area contributed by atoms with Crippen LogP contribution in [-0.2, 0) is 0 Å². The van der Waals surface area contributed by atoms with Crippen molar-refractivity contribution in [3.8, 4) is 6.07 Å². The molecular formula is C9H6N2O. The number of carbonyl (C=O) groups is 1. The first-order chi connectivity index (χ1) is 5.88. The van der Waals surface area contributed by atoms with Gasteiger partial charge < -0.3 is 0 Å². The average molecular weight is 158 g/mol. The van der Waals surface area contributed by atoms with Gasteiger partial charge in [0, 0.05) is 17.8 Å². The van der Waals surface area contributed by atoms with Gasteiger partial charge in [-0.1, -0.05) is 6.07 Å². The van der Waals surface area contributed by atoms with E-state index in [0.29, 0.717) is 17.5 Å². The molecule has 0 aliphatic carbocycles. The van der Waals surface area contributed by atoms with Crippen LogP contribution in [0.25, 0.3) is 6.08 Å². The van der Waals surface area contributed by atoms with Crippen molar-refractivity contribution in [2.75, 3.05) is 0 Å². The predicted octanol–water partition coefficient (Wildman–Crippen LogP) is 1.43. The van der Waals surface area contributed by atoms with Crippen molar-refractivity contribution in [3.63, 3.8) is 0 Å². The number of allylic oxidation sites excluding steroid dienone is 1. The van der Waals surface area contributed by atoms with Crippen molar-refractivity contribution in [2.24, 2.45) is 0 Å². The molecule has 0 N–H and O–H groups in total. The lowest BCUT2D eigenvalue weighted by atomic mass is 10.2. The number of aromatic nitrogens is 1. The highest BCUT2D eigenvalue weighted by Gasteiger charge is 1.95. The third kappa shape index (κ3) is 1.77. The van der Waals surface area contributed by atoms with E-state index in [1.54, 1.807) is 18.2 Å². The van der Waals surface area contributed by atoms with Gasteiger partial charge in [-0.2, -0.15) is 5.26 Å². The summed E-state index contributed by atoms with van der Waals surface area (Å²) in [7, 11) is 0. The minimum Gasteiger partial charge on any atom is -0.296 e. The van der Waals surface area contributed by atoms with E-state index in [9.17, 15) is 4.79 Å². The topological polar surface area (TPSA) is 53.8 Å². The molecule has 0 saturated carbocycles. The maximum absolute atomic E-state index is 10.4. The van der Waals surface area contributed by atoms with Gasteiger partial charge in [-0.25, -0.2) is 0 Å². The molecule has 0 aliphatic heterocycles. The number of rotatable bonds is 2. The molecule has 0 unspecified atom stereocenters. The Kier molecular flexibility index (Phi) is 2.74. The second-order valence-electron chi connectivity index (χ2n) is 2.06. The largest absolute Gasteiger partial charge is 0.296 e. The Hall–Kier alpha value is -1.95. The standard InChI is InChI=1S/C9H6N2O/c10-5-1-3-8-4-2-6-11-9(8)7-12/h1-4,6-7H/b3-1+. The fraction of sp³-hybridized carbons (Fsp3) is 0. The van der Waals surface area contributed by atoms with Crippen LogP contribution < -0.4 is 0 Å². The van der Waals surface area contributed by atoms with Crippen LogP contribution in [0, 0.1) is 11.3 Å². The molecule has 0 amide bonds. The van der Waals surface area contributed by atoms with Crippen molar-refractivity contribution in [3.05, 3.63) is 35.7 Å². The third-order valence-electron chi connectivity index (χ3n) is 1.32. The number of nitrogens with zero attached hydrogens (tertiary/aromatic N) is 2. The van der Waals surface area contributed by atoms with E-state index in [4.69, 9.17) is 5.26 Å². The molecule has 0 atom stereocenters. The van der Waals surface area contributed by atoms with Crippen molar-refractivity contribution < 1.29 is 4.79 Å². The van der Waals surface area contributed by atoms with Crippen LogP contribution in [0.3, 0.4) is 0 Å². The smallest absolute Gasteiger partial charge is 0.169 e. The lowest BCUT2D eigenvalue weighted by Crippen LogP contribution is -1.89. The van der Waals surface area contributed by atoms with Gasteiger partial charge >= 0.3 is 0 Å². The van der Waals surface area contributed by atoms with Crippen LogP contribution in [0.15, 0.2) is 24.4 Å². The van der Waals surface area contributed by atoms with Crippen molar-refractivity contribution in [2.45, 2.75) is 0 Å². The number of carbonyl (C=O) groups excluding carboxylic acids is 1. The fourth-order valence-electron chi connectivity index (χ4n) is 0.796. The predicted molar refractivity (Wildman–Crippen MR) is 44.3 cm³/mol. The summed E-state index contributed by atoms with van der Waals surface area (Å²) >= 11 is 0. The van der Waals surface area contributed by atoms with E-state index in [1.165, 1.54) is 12.3 Å². The highest BCUT2D eigenvalue weighted by Crippen LogP contribution is 2.04. The highest BCUT2D eigenvalue weighted by atomic mass is 16.1. The van der Waals surface area contributed by atoms with Crippen LogP contribution >= 0.6 is 0 Å². The molecule has 0 aliphatic rings. The second kappa shape index (κ2) is 4.04. The Morgan fingerprint density at radius 1 is 1.58 bits per heavy atom. The monoisotopic (exact) mass is 158 g/mol. The number of hydrogen-bond donors (Lipinski definition) is 0. The van der Waals surface area contributed by atoms with E-state index in [1.807, 2.05) is 6.07 Å². The molecule has 0 aromatic carbocycles. The van der Waals surface area contributed by atoms with E-state index in [0.717, 1.165) is 0 Å². The molecule has 0 bridgehead atoms. The second-order valence-corrected chi connectivity index (χ2v) is 2.06. The summed E-state index contributed by atoms with van der Waals surface area (Å²) in [6.45, 7) is 0. The molecule has 0 spiro atoms. The van der Waals surface area contributed by atoms with Crippen molar-refractivity contribution in [1.82, 2.24) is 4.98 Å². The summed E-state index contributed by atoms with van der Waals surface area (Å²) in [6, 6.07) is 5.28. The maximum Gasteiger partial charge on any atom is 0.169 e. The van der Waals surface area contributed by atoms with Crippen LogP contribution in [0.5, 0.6) is 0 Å². The quantitative estimate of drug-likeness (QED) is 0.483. The minimum atomic E-state index is 0.351. The molecule has 1 heterocycles. The normalized spacial score (nSPS) is 9.58. The van der Waals surface area contributed by atoms with Gasteiger partial charge in [0.15, 0.2) is 6.29 Å². The van der Waals surface area contributed by atoms with Crippen LogP contribution in [0.2, 0.25) is 0 Å². The zero-order valence-electron chi connectivity index (χ0n) is 6.27. The van der Waals surface area contributed by atoms with Gasteiger partial charge in [-0.3, -0.25) is 9.78 Å². The molecule has 0 fully saturated rings. The fourth-order valence-corrected chi connectivity index (χ4v) is 0.796. The van der Waals surface area contributed by atoms with Gasteiger partial charge in [0.1, 0.15) is 5.69 Å². The molecule has 1 aromatic rings. The van der Waals surface area contributed by atoms with Crippen LogP contribution in [-0.4, -0.2) is 11.3 Å². The van der Waals surface area contributed by atoms with Gasteiger partial charge in [-0.15, -0.1) is 0 Å². The van der Waals surface area contributed by atoms with E-state index in [-0.39, 0.29) is 0 Å². The average Bonchev–Trinajstić information content (AvgIpc) is 2.15. The summed E-state index contributed by atoms with van der Waals surface area (Å²) in [5, 5.41) is 8.25. The van der Waals surface area contributed by atoms with E-state index >= 15 is 0 Å². The van der Waals surface area contributed by atoms with Crippen molar-refractivity contribution in [1.29, 1.82) is 5.26 Å². The zero-order chi connectivity index (χ0) is 8.81. The zero-order valence-corrected chi connectivity index (χ0v) is 6.27. The van der Waals surface area contributed by atoms with Crippen LogP contribution in [0.1, 0.15) is 16.1 Å². The lowest BCUT2D eigenvalue weighted by molar-refractivity contribution is 0.111. The van der Waals surface area contributed by atoms with E-state index < -0.39 is 0 Å². The molecule has 0 saturated heterocycles. The first-order valence-corrected chi connectivity index (χ1v) is 3.35. The first-order valence-electron chi connectivity index (χ1n) is 3.35. The third-order valence-corrected chi connectivity index (χ3v) is 1.32. The molecule has 1 rings (SSSR count). The first kappa shape index (κ1) is 8.15. The summed E-state index contributed by atoms with van der Waals surface area (Å²) < 4.78 is 0. The van der Waals surface area contributed by atoms with Gasteiger partial charge in [0.25, 0.3) is 0 Å². The summed E-state index contributed by atoms with van der Waals surface area (Å²) in [4.78, 5) is 14.2.